The summed E-state index contributed by atoms with van der Waals surface area (Å²) >= 11 is 0. The Labute approximate surface area is 76.5 Å². The van der Waals surface area contributed by atoms with E-state index in [0.717, 1.165) is 0 Å². The summed E-state index contributed by atoms with van der Waals surface area (Å²) in [5.41, 5.74) is 6.32. The second-order valence-corrected chi connectivity index (χ2v) is 2.40. The highest BCUT2D eigenvalue weighted by Gasteiger charge is 2.07. The molecule has 1 rings (SSSR count). The fourth-order valence-corrected chi connectivity index (χ4v) is 0.981. The van der Waals surface area contributed by atoms with Gasteiger partial charge in [0.1, 0.15) is 17.6 Å². The molecule has 0 aliphatic rings. The first-order valence-electron chi connectivity index (χ1n) is 3.64. The molecular formula is C9H10N2O2. The van der Waals surface area contributed by atoms with Crippen molar-refractivity contribution in [3.8, 4) is 17.6 Å². The Bertz CT molecular complexity index is 355. The van der Waals surface area contributed by atoms with E-state index in [2.05, 4.69) is 0 Å². The van der Waals surface area contributed by atoms with E-state index in [1.807, 2.05) is 6.07 Å². The minimum Gasteiger partial charge on any atom is -0.497 e. The van der Waals surface area contributed by atoms with Gasteiger partial charge in [0.25, 0.3) is 0 Å². The number of hydrogen-bond acceptors (Lipinski definition) is 4. The van der Waals surface area contributed by atoms with Crippen LogP contribution in [0.4, 0.5) is 5.69 Å². The third-order valence-electron chi connectivity index (χ3n) is 1.69. The van der Waals surface area contributed by atoms with Gasteiger partial charge in [0.15, 0.2) is 0 Å². The van der Waals surface area contributed by atoms with Crippen molar-refractivity contribution in [2.24, 2.45) is 0 Å². The van der Waals surface area contributed by atoms with Crippen LogP contribution in [0, 0.1) is 11.3 Å². The molecule has 0 aromatic heterocycles. The Morgan fingerprint density at radius 1 is 1.31 bits per heavy atom. The van der Waals surface area contributed by atoms with E-state index in [9.17, 15) is 0 Å². The smallest absolute Gasteiger partial charge is 0.146 e. The molecule has 2 N–H and O–H groups in total. The number of hydrogen-bond donors (Lipinski definition) is 1. The van der Waals surface area contributed by atoms with E-state index in [1.54, 1.807) is 12.1 Å². The standard InChI is InChI=1S/C9H10N2O2/c1-12-7-3-6(5-10)9(11)8(4-7)13-2/h3-4H,11H2,1-2H3. The lowest BCUT2D eigenvalue weighted by Gasteiger charge is -2.08. The van der Waals surface area contributed by atoms with Crippen molar-refractivity contribution in [2.75, 3.05) is 20.0 Å². The van der Waals surface area contributed by atoms with Gasteiger partial charge in [-0.05, 0) is 0 Å². The van der Waals surface area contributed by atoms with E-state index in [4.69, 9.17) is 20.5 Å². The highest BCUT2D eigenvalue weighted by Crippen LogP contribution is 2.30. The summed E-state index contributed by atoms with van der Waals surface area (Å²) in [7, 11) is 3.01. The van der Waals surface area contributed by atoms with Gasteiger partial charge < -0.3 is 15.2 Å². The summed E-state index contributed by atoms with van der Waals surface area (Å²) in [6, 6.07) is 5.16. The van der Waals surface area contributed by atoms with Crippen molar-refractivity contribution < 1.29 is 9.47 Å². The van der Waals surface area contributed by atoms with Crippen molar-refractivity contribution in [1.82, 2.24) is 0 Å². The Balaban J connectivity index is 3.31. The molecule has 13 heavy (non-hydrogen) atoms. The molecule has 0 bridgehead atoms. The van der Waals surface area contributed by atoms with Gasteiger partial charge in [0.05, 0.1) is 25.5 Å². The zero-order chi connectivity index (χ0) is 9.84. The average molecular weight is 178 g/mol. The van der Waals surface area contributed by atoms with Crippen LogP contribution >= 0.6 is 0 Å². The first kappa shape index (κ1) is 9.20. The number of ether oxygens (including phenoxy) is 2. The fraction of sp³-hybridized carbons (Fsp3) is 0.222. The van der Waals surface area contributed by atoms with Gasteiger partial charge in [-0.25, -0.2) is 0 Å². The van der Waals surface area contributed by atoms with E-state index < -0.39 is 0 Å². The van der Waals surface area contributed by atoms with Gasteiger partial charge in [0.2, 0.25) is 0 Å². The Morgan fingerprint density at radius 3 is 2.46 bits per heavy atom. The molecule has 68 valence electrons. The third-order valence-corrected chi connectivity index (χ3v) is 1.69. The number of nitrogens with zero attached hydrogens (tertiary/aromatic N) is 1. The van der Waals surface area contributed by atoms with Crippen LogP contribution in [0.5, 0.6) is 11.5 Å². The fourth-order valence-electron chi connectivity index (χ4n) is 0.981. The van der Waals surface area contributed by atoms with E-state index in [1.165, 1.54) is 14.2 Å². The number of methoxy groups -OCH3 is 2. The molecule has 0 saturated heterocycles. The van der Waals surface area contributed by atoms with Crippen LogP contribution in [0.3, 0.4) is 0 Å². The lowest BCUT2D eigenvalue weighted by molar-refractivity contribution is 0.395. The highest BCUT2D eigenvalue weighted by molar-refractivity contribution is 5.65. The van der Waals surface area contributed by atoms with Crippen LogP contribution in [0.25, 0.3) is 0 Å². The molecule has 0 unspecified atom stereocenters. The zero-order valence-electron chi connectivity index (χ0n) is 7.50. The molecule has 4 heteroatoms. The number of nitrogen functional groups attached to an aromatic ring is 1. The maximum atomic E-state index is 8.72. The maximum absolute atomic E-state index is 8.72. The summed E-state index contributed by atoms with van der Waals surface area (Å²) in [5.74, 6) is 1.01. The number of benzene rings is 1. The normalized spacial score (nSPS) is 9.00. The quantitative estimate of drug-likeness (QED) is 0.690. The third kappa shape index (κ3) is 1.64. The first-order valence-corrected chi connectivity index (χ1v) is 3.64. The molecular weight excluding hydrogens is 168 g/mol. The van der Waals surface area contributed by atoms with Crippen LogP contribution in [-0.4, -0.2) is 14.2 Å². The van der Waals surface area contributed by atoms with Crippen LogP contribution in [-0.2, 0) is 0 Å². The minimum absolute atomic E-state index is 0.339. The van der Waals surface area contributed by atoms with Crippen molar-refractivity contribution in [2.45, 2.75) is 0 Å². The van der Waals surface area contributed by atoms with Gasteiger partial charge in [0, 0.05) is 12.1 Å². The molecule has 0 fully saturated rings. The number of nitrogens with two attached hydrogens (primary N) is 1. The Morgan fingerprint density at radius 2 is 2.00 bits per heavy atom. The zero-order valence-corrected chi connectivity index (χ0v) is 7.50. The molecule has 0 saturated carbocycles. The second kappa shape index (κ2) is 3.68. The highest BCUT2D eigenvalue weighted by atomic mass is 16.5. The number of nitriles is 1. The molecule has 4 nitrogen and oxygen atoms in total. The van der Waals surface area contributed by atoms with Gasteiger partial charge in [-0.15, -0.1) is 0 Å². The molecule has 1 aromatic rings. The van der Waals surface area contributed by atoms with Gasteiger partial charge in [-0.1, -0.05) is 0 Å². The molecule has 1 aromatic carbocycles. The monoisotopic (exact) mass is 178 g/mol. The molecule has 0 atom stereocenters. The number of rotatable bonds is 2. The average Bonchev–Trinajstić information content (AvgIpc) is 2.18. The molecule has 0 spiro atoms. The summed E-state index contributed by atoms with van der Waals surface area (Å²) in [4.78, 5) is 0. The van der Waals surface area contributed by atoms with Crippen LogP contribution in [0.2, 0.25) is 0 Å². The minimum atomic E-state index is 0.339. The van der Waals surface area contributed by atoms with E-state index in [0.29, 0.717) is 22.7 Å². The number of anilines is 1. The van der Waals surface area contributed by atoms with Crippen LogP contribution < -0.4 is 15.2 Å². The van der Waals surface area contributed by atoms with Gasteiger partial charge in [-0.2, -0.15) is 5.26 Å². The van der Waals surface area contributed by atoms with Crippen LogP contribution in [0.1, 0.15) is 5.56 Å². The van der Waals surface area contributed by atoms with Crippen molar-refractivity contribution in [1.29, 1.82) is 5.26 Å². The van der Waals surface area contributed by atoms with E-state index >= 15 is 0 Å². The maximum Gasteiger partial charge on any atom is 0.146 e. The van der Waals surface area contributed by atoms with Gasteiger partial charge >= 0.3 is 0 Å². The molecule has 0 aliphatic carbocycles. The summed E-state index contributed by atoms with van der Waals surface area (Å²) in [5, 5.41) is 8.72. The lowest BCUT2D eigenvalue weighted by Crippen LogP contribution is -1.97. The van der Waals surface area contributed by atoms with Crippen molar-refractivity contribution in [3.63, 3.8) is 0 Å². The SMILES string of the molecule is COc1cc(C#N)c(N)c(OC)c1. The van der Waals surface area contributed by atoms with Gasteiger partial charge in [-0.3, -0.25) is 0 Å². The molecule has 0 amide bonds. The van der Waals surface area contributed by atoms with E-state index in [-0.39, 0.29) is 0 Å². The topological polar surface area (TPSA) is 68.3 Å². The van der Waals surface area contributed by atoms with Crippen LogP contribution in [0.15, 0.2) is 12.1 Å². The molecule has 0 heterocycles. The molecule has 0 aliphatic heterocycles. The predicted molar refractivity (Wildman–Crippen MR) is 48.7 cm³/mol. The lowest BCUT2D eigenvalue weighted by atomic mass is 10.1. The Hall–Kier alpha value is -1.89. The largest absolute Gasteiger partial charge is 0.497 e. The van der Waals surface area contributed by atoms with Crippen molar-refractivity contribution >= 4 is 5.69 Å². The predicted octanol–water partition coefficient (Wildman–Crippen LogP) is 1.16. The second-order valence-electron chi connectivity index (χ2n) is 2.40. The summed E-state index contributed by atoms with van der Waals surface area (Å²) in [6.45, 7) is 0. The summed E-state index contributed by atoms with van der Waals surface area (Å²) < 4.78 is 9.94. The van der Waals surface area contributed by atoms with Crippen molar-refractivity contribution in [3.05, 3.63) is 17.7 Å². The first-order chi connectivity index (χ1) is 6.22. The summed E-state index contributed by atoms with van der Waals surface area (Å²) in [6.07, 6.45) is 0. The Kier molecular flexibility index (Phi) is 2.60. The molecule has 0 radical (unpaired) electrons.